The highest BCUT2D eigenvalue weighted by Crippen LogP contribution is 2.18. The summed E-state index contributed by atoms with van der Waals surface area (Å²) in [6.07, 6.45) is 0.665. The molecule has 0 aliphatic heterocycles. The van der Waals surface area contributed by atoms with E-state index in [1.54, 1.807) is 30.3 Å². The molecule has 0 bridgehead atoms. The quantitative estimate of drug-likeness (QED) is 0.799. The summed E-state index contributed by atoms with van der Waals surface area (Å²) >= 11 is 0. The van der Waals surface area contributed by atoms with E-state index in [2.05, 4.69) is 5.32 Å². The van der Waals surface area contributed by atoms with Crippen LogP contribution in [0.2, 0.25) is 0 Å². The first-order chi connectivity index (χ1) is 9.56. The van der Waals surface area contributed by atoms with Gasteiger partial charge in [0.05, 0.1) is 5.56 Å². The minimum atomic E-state index is -0.290. The first kappa shape index (κ1) is 13.9. The zero-order valence-electron chi connectivity index (χ0n) is 11.3. The van der Waals surface area contributed by atoms with E-state index in [-0.39, 0.29) is 23.0 Å². The molecule has 0 atom stereocenters. The van der Waals surface area contributed by atoms with Crippen LogP contribution >= 0.6 is 0 Å². The standard InChI is InChI=1S/C16H17NO3/c1-11-2-7-14(15(19)10-11)16(20)17-9-8-12-3-5-13(18)6-4-12/h2-7,10,18-19H,8-9H2,1H3,(H,17,20). The fraction of sp³-hybridized carbons (Fsp3) is 0.188. The first-order valence-corrected chi connectivity index (χ1v) is 6.42. The minimum Gasteiger partial charge on any atom is -0.508 e. The molecule has 0 saturated carbocycles. The average Bonchev–Trinajstić information content (AvgIpc) is 2.41. The lowest BCUT2D eigenvalue weighted by atomic mass is 10.1. The Balaban J connectivity index is 1.90. The molecule has 0 radical (unpaired) electrons. The van der Waals surface area contributed by atoms with Gasteiger partial charge in [-0.15, -0.1) is 0 Å². The number of hydrogen-bond donors (Lipinski definition) is 3. The molecule has 4 heteroatoms. The number of phenols is 2. The van der Waals surface area contributed by atoms with Crippen LogP contribution in [-0.4, -0.2) is 22.7 Å². The van der Waals surface area contributed by atoms with Gasteiger partial charge in [-0.05, 0) is 48.7 Å². The maximum Gasteiger partial charge on any atom is 0.255 e. The van der Waals surface area contributed by atoms with E-state index >= 15 is 0 Å². The summed E-state index contributed by atoms with van der Waals surface area (Å²) < 4.78 is 0. The summed E-state index contributed by atoms with van der Waals surface area (Å²) in [4.78, 5) is 11.9. The van der Waals surface area contributed by atoms with Crippen LogP contribution in [0, 0.1) is 6.92 Å². The van der Waals surface area contributed by atoms with Gasteiger partial charge < -0.3 is 15.5 Å². The Labute approximate surface area is 117 Å². The maximum absolute atomic E-state index is 11.9. The van der Waals surface area contributed by atoms with E-state index in [0.29, 0.717) is 13.0 Å². The zero-order chi connectivity index (χ0) is 14.5. The van der Waals surface area contributed by atoms with E-state index in [9.17, 15) is 15.0 Å². The van der Waals surface area contributed by atoms with Crippen LogP contribution in [0.3, 0.4) is 0 Å². The van der Waals surface area contributed by atoms with Crippen molar-refractivity contribution in [2.45, 2.75) is 13.3 Å². The molecule has 2 aromatic rings. The number of aryl methyl sites for hydroxylation is 1. The Morgan fingerprint density at radius 2 is 1.80 bits per heavy atom. The number of rotatable bonds is 4. The van der Waals surface area contributed by atoms with Crippen LogP contribution in [0.15, 0.2) is 42.5 Å². The predicted molar refractivity (Wildman–Crippen MR) is 77.0 cm³/mol. The number of carbonyl (C=O) groups is 1. The Kier molecular flexibility index (Phi) is 4.25. The summed E-state index contributed by atoms with van der Waals surface area (Å²) in [5.74, 6) is -0.0734. The summed E-state index contributed by atoms with van der Waals surface area (Å²) in [6, 6.07) is 11.8. The molecule has 0 unspecified atom stereocenters. The van der Waals surface area contributed by atoms with Crippen molar-refractivity contribution in [3.8, 4) is 11.5 Å². The number of amides is 1. The lowest BCUT2D eigenvalue weighted by Crippen LogP contribution is -2.25. The van der Waals surface area contributed by atoms with Crippen molar-refractivity contribution < 1.29 is 15.0 Å². The van der Waals surface area contributed by atoms with Crippen LogP contribution in [0.1, 0.15) is 21.5 Å². The molecule has 0 aliphatic carbocycles. The molecule has 20 heavy (non-hydrogen) atoms. The van der Waals surface area contributed by atoms with E-state index in [0.717, 1.165) is 11.1 Å². The van der Waals surface area contributed by atoms with Crippen molar-refractivity contribution in [1.82, 2.24) is 5.32 Å². The molecule has 0 fully saturated rings. The SMILES string of the molecule is Cc1ccc(C(=O)NCCc2ccc(O)cc2)c(O)c1. The predicted octanol–water partition coefficient (Wildman–Crippen LogP) is 2.38. The molecular formula is C16H17NO3. The second-order valence-corrected chi connectivity index (χ2v) is 4.69. The molecular weight excluding hydrogens is 254 g/mol. The van der Waals surface area contributed by atoms with E-state index < -0.39 is 0 Å². The molecule has 4 nitrogen and oxygen atoms in total. The Morgan fingerprint density at radius 3 is 2.45 bits per heavy atom. The second-order valence-electron chi connectivity index (χ2n) is 4.69. The van der Waals surface area contributed by atoms with Crippen LogP contribution in [0.4, 0.5) is 0 Å². The van der Waals surface area contributed by atoms with Gasteiger partial charge in [-0.25, -0.2) is 0 Å². The molecule has 0 saturated heterocycles. The number of hydrogen-bond acceptors (Lipinski definition) is 3. The highest BCUT2D eigenvalue weighted by atomic mass is 16.3. The molecule has 0 aromatic heterocycles. The van der Waals surface area contributed by atoms with Crippen LogP contribution in [0.5, 0.6) is 11.5 Å². The van der Waals surface area contributed by atoms with E-state index in [1.807, 2.05) is 19.1 Å². The third-order valence-electron chi connectivity index (χ3n) is 3.03. The third-order valence-corrected chi connectivity index (χ3v) is 3.03. The lowest BCUT2D eigenvalue weighted by molar-refractivity contribution is 0.0951. The minimum absolute atomic E-state index is 0.00728. The van der Waals surface area contributed by atoms with Gasteiger partial charge in [-0.1, -0.05) is 18.2 Å². The van der Waals surface area contributed by atoms with Gasteiger partial charge in [0.2, 0.25) is 0 Å². The van der Waals surface area contributed by atoms with Gasteiger partial charge in [0.15, 0.2) is 0 Å². The van der Waals surface area contributed by atoms with Crippen molar-refractivity contribution in [2.24, 2.45) is 0 Å². The van der Waals surface area contributed by atoms with Crippen LogP contribution in [0.25, 0.3) is 0 Å². The van der Waals surface area contributed by atoms with Gasteiger partial charge in [-0.3, -0.25) is 4.79 Å². The normalized spacial score (nSPS) is 10.2. The van der Waals surface area contributed by atoms with Crippen molar-refractivity contribution >= 4 is 5.91 Å². The Hall–Kier alpha value is -2.49. The monoisotopic (exact) mass is 271 g/mol. The van der Waals surface area contributed by atoms with Gasteiger partial charge in [0, 0.05) is 6.54 Å². The van der Waals surface area contributed by atoms with Gasteiger partial charge in [-0.2, -0.15) is 0 Å². The molecule has 0 spiro atoms. The summed E-state index contributed by atoms with van der Waals surface area (Å²) in [5.41, 5.74) is 2.21. The van der Waals surface area contributed by atoms with Crippen molar-refractivity contribution in [1.29, 1.82) is 0 Å². The van der Waals surface area contributed by atoms with Crippen molar-refractivity contribution in [3.05, 3.63) is 59.2 Å². The Bertz CT molecular complexity index is 606. The highest BCUT2D eigenvalue weighted by Gasteiger charge is 2.10. The third kappa shape index (κ3) is 3.51. The molecule has 3 N–H and O–H groups in total. The van der Waals surface area contributed by atoms with Gasteiger partial charge in [0.1, 0.15) is 11.5 Å². The first-order valence-electron chi connectivity index (χ1n) is 6.42. The maximum atomic E-state index is 11.9. The zero-order valence-corrected chi connectivity index (χ0v) is 11.3. The van der Waals surface area contributed by atoms with E-state index in [1.165, 1.54) is 0 Å². The highest BCUT2D eigenvalue weighted by molar-refractivity contribution is 5.96. The smallest absolute Gasteiger partial charge is 0.255 e. The summed E-state index contributed by atoms with van der Waals surface area (Å²) in [5, 5.41) is 21.7. The number of phenolic OH excluding ortho intramolecular Hbond substituents is 2. The molecule has 0 aliphatic rings. The lowest BCUT2D eigenvalue weighted by Gasteiger charge is -2.07. The topological polar surface area (TPSA) is 69.6 Å². The van der Waals surface area contributed by atoms with Crippen molar-refractivity contribution in [3.63, 3.8) is 0 Å². The van der Waals surface area contributed by atoms with Crippen LogP contribution in [-0.2, 0) is 6.42 Å². The van der Waals surface area contributed by atoms with Crippen molar-refractivity contribution in [2.75, 3.05) is 6.54 Å². The summed E-state index contributed by atoms with van der Waals surface area (Å²) in [6.45, 7) is 2.32. The average molecular weight is 271 g/mol. The fourth-order valence-corrected chi connectivity index (χ4v) is 1.91. The molecule has 2 aromatic carbocycles. The number of nitrogens with one attached hydrogen (secondary N) is 1. The largest absolute Gasteiger partial charge is 0.508 e. The number of aromatic hydroxyl groups is 2. The van der Waals surface area contributed by atoms with Gasteiger partial charge >= 0.3 is 0 Å². The molecule has 2 rings (SSSR count). The molecule has 1 amide bonds. The summed E-state index contributed by atoms with van der Waals surface area (Å²) in [7, 11) is 0. The molecule has 104 valence electrons. The second kappa shape index (κ2) is 6.10. The fourth-order valence-electron chi connectivity index (χ4n) is 1.91. The number of carbonyl (C=O) groups excluding carboxylic acids is 1. The van der Waals surface area contributed by atoms with Gasteiger partial charge in [0.25, 0.3) is 5.91 Å². The number of benzene rings is 2. The Morgan fingerprint density at radius 1 is 1.10 bits per heavy atom. The van der Waals surface area contributed by atoms with Crippen LogP contribution < -0.4 is 5.32 Å². The van der Waals surface area contributed by atoms with E-state index in [4.69, 9.17) is 0 Å². The molecule has 0 heterocycles.